The Balaban J connectivity index is 1.28. The van der Waals surface area contributed by atoms with Gasteiger partial charge in [0.1, 0.15) is 5.71 Å². The summed E-state index contributed by atoms with van der Waals surface area (Å²) in [6, 6.07) is 9.38. The second-order valence-corrected chi connectivity index (χ2v) is 7.56. The molecule has 0 fully saturated rings. The summed E-state index contributed by atoms with van der Waals surface area (Å²) in [7, 11) is 0. The largest absolute Gasteiger partial charge is 0.351 e. The molecule has 3 aromatic rings. The first-order chi connectivity index (χ1) is 14.0. The third-order valence-electron chi connectivity index (χ3n) is 4.44. The van der Waals surface area contributed by atoms with E-state index >= 15 is 0 Å². The Bertz CT molecular complexity index is 1190. The van der Waals surface area contributed by atoms with Crippen LogP contribution >= 0.6 is 11.8 Å². The number of benzene rings is 2. The van der Waals surface area contributed by atoms with Crippen molar-refractivity contribution < 1.29 is 13.6 Å². The lowest BCUT2D eigenvalue weighted by Crippen LogP contribution is -2.32. The maximum Gasteiger partial charge on any atom is 0.266 e. The molecule has 4 rings (SSSR count). The monoisotopic (exact) mass is 414 g/mol. The zero-order valence-corrected chi connectivity index (χ0v) is 16.0. The zero-order valence-electron chi connectivity index (χ0n) is 15.2. The number of hydrogen-bond acceptors (Lipinski definition) is 5. The number of amides is 1. The number of para-hydroxylation sites is 1. The lowest BCUT2D eigenvalue weighted by molar-refractivity contribution is -0.114. The second kappa shape index (κ2) is 8.12. The molecule has 1 amide bonds. The normalized spacial score (nSPS) is 12.7. The average Bonchev–Trinajstić information content (AvgIpc) is 3.13. The van der Waals surface area contributed by atoms with Crippen LogP contribution in [0.2, 0.25) is 0 Å². The van der Waals surface area contributed by atoms with Crippen LogP contribution in [0.15, 0.2) is 51.3 Å². The van der Waals surface area contributed by atoms with Gasteiger partial charge in [0.25, 0.3) is 11.5 Å². The standard InChI is InChI=1S/C20H16F2N4O2S/c21-13-9-12-16(10-14(13)22)25-20(26-18(12)27)29-7-3-6-23-19(28)17-8-11-4-1-2-5-15(11)24-17/h1-2,4-5,9-10H,3,6-8H2,(H,23,28)(H,25,26,27). The van der Waals surface area contributed by atoms with Crippen LogP contribution in [0.4, 0.5) is 14.5 Å². The van der Waals surface area contributed by atoms with Crippen molar-refractivity contribution in [2.24, 2.45) is 4.99 Å². The van der Waals surface area contributed by atoms with E-state index in [0.29, 0.717) is 36.0 Å². The summed E-state index contributed by atoms with van der Waals surface area (Å²) in [6.07, 6.45) is 1.16. The molecule has 2 heterocycles. The van der Waals surface area contributed by atoms with Gasteiger partial charge in [-0.25, -0.2) is 18.8 Å². The van der Waals surface area contributed by atoms with Crippen molar-refractivity contribution in [1.29, 1.82) is 0 Å². The minimum absolute atomic E-state index is 0.00107. The number of hydrogen-bond donors (Lipinski definition) is 2. The molecule has 0 unspecified atom stereocenters. The van der Waals surface area contributed by atoms with Gasteiger partial charge >= 0.3 is 0 Å². The number of carbonyl (C=O) groups excluding carboxylic acids is 1. The number of thioether (sulfide) groups is 1. The minimum atomic E-state index is -1.09. The molecule has 1 aromatic heterocycles. The fourth-order valence-corrected chi connectivity index (χ4v) is 3.80. The molecule has 0 bridgehead atoms. The van der Waals surface area contributed by atoms with Crippen LogP contribution in [-0.2, 0) is 11.2 Å². The summed E-state index contributed by atoms with van der Waals surface area (Å²) in [5.41, 5.74) is 1.94. The molecule has 6 nitrogen and oxygen atoms in total. The molecule has 0 radical (unpaired) electrons. The number of aromatic amines is 1. The number of rotatable bonds is 6. The number of halogens is 2. The summed E-state index contributed by atoms with van der Waals surface area (Å²) in [6.45, 7) is 0.443. The Labute approximate surface area is 168 Å². The van der Waals surface area contributed by atoms with Crippen LogP contribution in [-0.4, -0.2) is 33.9 Å². The first-order valence-electron chi connectivity index (χ1n) is 8.97. The molecule has 0 saturated heterocycles. The number of fused-ring (bicyclic) bond motifs is 2. The molecular weight excluding hydrogens is 398 g/mol. The van der Waals surface area contributed by atoms with E-state index in [1.54, 1.807) is 0 Å². The summed E-state index contributed by atoms with van der Waals surface area (Å²) in [4.78, 5) is 35.3. The van der Waals surface area contributed by atoms with Crippen LogP contribution in [0.1, 0.15) is 12.0 Å². The van der Waals surface area contributed by atoms with Crippen LogP contribution in [0.25, 0.3) is 10.9 Å². The van der Waals surface area contributed by atoms with Gasteiger partial charge in [-0.2, -0.15) is 0 Å². The molecule has 0 atom stereocenters. The third kappa shape index (κ3) is 4.19. The summed E-state index contributed by atoms with van der Waals surface area (Å²) in [5.74, 6) is -1.76. The topological polar surface area (TPSA) is 87.2 Å². The smallest absolute Gasteiger partial charge is 0.266 e. The fourth-order valence-electron chi connectivity index (χ4n) is 2.99. The van der Waals surface area contributed by atoms with E-state index in [2.05, 4.69) is 20.3 Å². The molecule has 148 valence electrons. The summed E-state index contributed by atoms with van der Waals surface area (Å²) in [5, 5.41) is 3.15. The van der Waals surface area contributed by atoms with Gasteiger partial charge in [0, 0.05) is 24.8 Å². The second-order valence-electron chi connectivity index (χ2n) is 6.48. The molecule has 2 aromatic carbocycles. The van der Waals surface area contributed by atoms with E-state index in [4.69, 9.17) is 0 Å². The van der Waals surface area contributed by atoms with E-state index in [1.165, 1.54) is 11.8 Å². The van der Waals surface area contributed by atoms with Gasteiger partial charge in [0.05, 0.1) is 16.6 Å². The van der Waals surface area contributed by atoms with Gasteiger partial charge < -0.3 is 10.3 Å². The van der Waals surface area contributed by atoms with Crippen molar-refractivity contribution in [1.82, 2.24) is 15.3 Å². The minimum Gasteiger partial charge on any atom is -0.351 e. The molecular formula is C20H16F2N4O2S. The molecule has 9 heteroatoms. The van der Waals surface area contributed by atoms with Crippen LogP contribution in [0, 0.1) is 11.6 Å². The highest BCUT2D eigenvalue weighted by atomic mass is 32.2. The maximum atomic E-state index is 13.4. The molecule has 0 saturated carbocycles. The van der Waals surface area contributed by atoms with Crippen LogP contribution < -0.4 is 10.9 Å². The number of aromatic nitrogens is 2. The highest BCUT2D eigenvalue weighted by Crippen LogP contribution is 2.25. The number of H-pyrrole nitrogens is 1. The van der Waals surface area contributed by atoms with Gasteiger partial charge in [0.15, 0.2) is 16.8 Å². The van der Waals surface area contributed by atoms with Crippen molar-refractivity contribution in [3.8, 4) is 0 Å². The number of carbonyl (C=O) groups is 1. The number of nitrogens with zero attached hydrogens (tertiary/aromatic N) is 2. The van der Waals surface area contributed by atoms with E-state index in [1.807, 2.05) is 24.3 Å². The quantitative estimate of drug-likeness (QED) is 0.369. The van der Waals surface area contributed by atoms with Crippen molar-refractivity contribution in [3.05, 3.63) is 63.9 Å². The Hall–Kier alpha value is -3.07. The molecule has 1 aliphatic rings. The zero-order chi connectivity index (χ0) is 20.4. The summed E-state index contributed by atoms with van der Waals surface area (Å²) >= 11 is 1.27. The van der Waals surface area contributed by atoms with Crippen LogP contribution in [0.5, 0.6) is 0 Å². The SMILES string of the molecule is O=C(NCCCSc1nc2cc(F)c(F)cc2c(=O)[nH]1)C1=Nc2ccccc2C1. The van der Waals surface area contributed by atoms with Crippen molar-refractivity contribution in [2.75, 3.05) is 12.3 Å². The first-order valence-corrected chi connectivity index (χ1v) is 9.95. The van der Waals surface area contributed by atoms with E-state index in [-0.39, 0.29) is 16.8 Å². The molecule has 0 spiro atoms. The maximum absolute atomic E-state index is 13.4. The van der Waals surface area contributed by atoms with Crippen molar-refractivity contribution in [2.45, 2.75) is 18.0 Å². The first kappa shape index (κ1) is 19.3. The Morgan fingerprint density at radius 1 is 1.21 bits per heavy atom. The van der Waals surface area contributed by atoms with E-state index in [0.717, 1.165) is 23.4 Å². The van der Waals surface area contributed by atoms with Gasteiger partial charge in [-0.3, -0.25) is 9.59 Å². The Kier molecular flexibility index (Phi) is 5.39. The van der Waals surface area contributed by atoms with Crippen molar-refractivity contribution >= 4 is 40.0 Å². The van der Waals surface area contributed by atoms with Gasteiger partial charge in [0.2, 0.25) is 0 Å². The number of nitrogens with one attached hydrogen (secondary N) is 2. The third-order valence-corrected chi connectivity index (χ3v) is 5.40. The fraction of sp³-hybridized carbons (Fsp3) is 0.200. The Morgan fingerprint density at radius 2 is 2.00 bits per heavy atom. The molecule has 1 aliphatic heterocycles. The van der Waals surface area contributed by atoms with Crippen LogP contribution in [0.3, 0.4) is 0 Å². The summed E-state index contributed by atoms with van der Waals surface area (Å²) < 4.78 is 26.6. The number of aliphatic imine (C=N–C) groups is 1. The highest BCUT2D eigenvalue weighted by Gasteiger charge is 2.19. The highest BCUT2D eigenvalue weighted by molar-refractivity contribution is 7.99. The molecule has 29 heavy (non-hydrogen) atoms. The molecule has 0 aliphatic carbocycles. The predicted octanol–water partition coefficient (Wildman–Crippen LogP) is 3.13. The molecule has 2 N–H and O–H groups in total. The lowest BCUT2D eigenvalue weighted by atomic mass is 10.1. The van der Waals surface area contributed by atoms with Gasteiger partial charge in [-0.05, 0) is 24.1 Å². The van der Waals surface area contributed by atoms with Gasteiger partial charge in [-0.15, -0.1) is 0 Å². The van der Waals surface area contributed by atoms with E-state index in [9.17, 15) is 18.4 Å². The lowest BCUT2D eigenvalue weighted by Gasteiger charge is -2.05. The Morgan fingerprint density at radius 3 is 2.83 bits per heavy atom. The van der Waals surface area contributed by atoms with E-state index < -0.39 is 17.2 Å². The average molecular weight is 414 g/mol. The van der Waals surface area contributed by atoms with Gasteiger partial charge in [-0.1, -0.05) is 30.0 Å². The predicted molar refractivity (Wildman–Crippen MR) is 108 cm³/mol. The van der Waals surface area contributed by atoms with Crippen molar-refractivity contribution in [3.63, 3.8) is 0 Å².